The van der Waals surface area contributed by atoms with E-state index in [9.17, 15) is 18.0 Å². The quantitative estimate of drug-likeness (QED) is 0.499. The number of carbonyl (C=O) groups excluding carboxylic acids is 2. The first-order valence-electron chi connectivity index (χ1n) is 11.5. The molecule has 4 N–H and O–H groups in total. The van der Waals surface area contributed by atoms with Crippen molar-refractivity contribution in [3.63, 3.8) is 0 Å². The van der Waals surface area contributed by atoms with E-state index < -0.39 is 15.4 Å². The molecular weight excluding hydrogens is 456 g/mol. The summed E-state index contributed by atoms with van der Waals surface area (Å²) in [5.41, 5.74) is 0.968. The van der Waals surface area contributed by atoms with E-state index in [-0.39, 0.29) is 39.8 Å². The largest absolute Gasteiger partial charge is 0.495 e. The first-order chi connectivity index (χ1) is 16.3. The van der Waals surface area contributed by atoms with Crippen molar-refractivity contribution in [2.24, 2.45) is 0 Å². The second-order valence-corrected chi connectivity index (χ2v) is 10.7. The molecular formula is C24H28N4O5S. The predicted octanol–water partition coefficient (Wildman–Crippen LogP) is 2.35. The number of hydrogen-bond donors (Lipinski definition) is 4. The molecule has 0 radical (unpaired) electrons. The van der Waals surface area contributed by atoms with Gasteiger partial charge in [-0.3, -0.25) is 14.3 Å². The van der Waals surface area contributed by atoms with Crippen LogP contribution in [-0.4, -0.2) is 46.5 Å². The molecule has 1 spiro atoms. The minimum Gasteiger partial charge on any atom is -0.495 e. The van der Waals surface area contributed by atoms with Crippen molar-refractivity contribution >= 4 is 33.2 Å². The third-order valence-electron chi connectivity index (χ3n) is 7.06. The normalized spacial score (nSPS) is 19.1. The predicted molar refractivity (Wildman–Crippen MR) is 128 cm³/mol. The molecule has 3 aliphatic rings. The summed E-state index contributed by atoms with van der Waals surface area (Å²) in [6.07, 6.45) is 3.86. The van der Waals surface area contributed by atoms with Gasteiger partial charge < -0.3 is 20.7 Å². The van der Waals surface area contributed by atoms with Crippen LogP contribution in [0.3, 0.4) is 0 Å². The van der Waals surface area contributed by atoms with Gasteiger partial charge in [0, 0.05) is 6.04 Å². The second-order valence-electron chi connectivity index (χ2n) is 9.09. The Morgan fingerprint density at radius 2 is 1.88 bits per heavy atom. The number of amides is 2. The molecule has 0 unspecified atom stereocenters. The zero-order valence-corrected chi connectivity index (χ0v) is 19.8. The minimum atomic E-state index is -4.00. The van der Waals surface area contributed by atoms with Gasteiger partial charge in [-0.15, -0.1) is 0 Å². The van der Waals surface area contributed by atoms with Crippen molar-refractivity contribution in [2.75, 3.05) is 30.2 Å². The van der Waals surface area contributed by atoms with E-state index in [1.165, 1.54) is 19.2 Å². The van der Waals surface area contributed by atoms with Gasteiger partial charge in [-0.2, -0.15) is 0 Å². The van der Waals surface area contributed by atoms with E-state index in [1.54, 1.807) is 24.3 Å². The first-order valence-corrected chi connectivity index (χ1v) is 13.0. The van der Waals surface area contributed by atoms with Gasteiger partial charge in [0.15, 0.2) is 0 Å². The van der Waals surface area contributed by atoms with Crippen LogP contribution in [0, 0.1) is 0 Å². The van der Waals surface area contributed by atoms with Crippen LogP contribution >= 0.6 is 0 Å². The van der Waals surface area contributed by atoms with Gasteiger partial charge in [0.1, 0.15) is 10.6 Å². The number of methoxy groups -OCH3 is 1. The molecule has 10 heteroatoms. The van der Waals surface area contributed by atoms with Crippen molar-refractivity contribution in [3.8, 4) is 5.75 Å². The number of carbonyl (C=O) groups is 2. The summed E-state index contributed by atoms with van der Waals surface area (Å²) >= 11 is 0. The molecule has 2 amide bonds. The molecule has 2 aromatic rings. The van der Waals surface area contributed by atoms with Crippen molar-refractivity contribution in [1.82, 2.24) is 10.6 Å². The fraction of sp³-hybridized carbons (Fsp3) is 0.417. The standard InChI is InChI=1S/C24H28N4O5S/c1-33-19-5-2-3-6-20(19)34(31,32)28-16-13-17(22(29)26-15-7-11-25-12-8-15)21-18(14-16)24(9-4-10-24)23(30)27-21/h2-3,5-6,13-15,25,28H,4,7-12H2,1H3,(H,26,29)(H,27,30). The Labute approximate surface area is 198 Å². The molecule has 0 bridgehead atoms. The van der Waals surface area contributed by atoms with Crippen molar-refractivity contribution in [1.29, 1.82) is 0 Å². The lowest BCUT2D eigenvalue weighted by molar-refractivity contribution is -0.123. The molecule has 5 rings (SSSR count). The summed E-state index contributed by atoms with van der Waals surface area (Å²) in [5.74, 6) is -0.236. The highest BCUT2D eigenvalue weighted by molar-refractivity contribution is 7.92. The van der Waals surface area contributed by atoms with Crippen molar-refractivity contribution < 1.29 is 22.7 Å². The molecule has 1 aliphatic carbocycles. The van der Waals surface area contributed by atoms with Gasteiger partial charge in [-0.1, -0.05) is 18.6 Å². The Kier molecular flexibility index (Phi) is 5.73. The van der Waals surface area contributed by atoms with E-state index in [2.05, 4.69) is 20.7 Å². The number of hydrogen-bond acceptors (Lipinski definition) is 6. The third kappa shape index (κ3) is 3.80. The average molecular weight is 485 g/mol. The van der Waals surface area contributed by atoms with Gasteiger partial charge >= 0.3 is 0 Å². The fourth-order valence-corrected chi connectivity index (χ4v) is 6.27. The van der Waals surface area contributed by atoms with Crippen LogP contribution in [0.1, 0.15) is 48.0 Å². The number of nitrogens with one attached hydrogen (secondary N) is 4. The molecule has 2 fully saturated rings. The average Bonchev–Trinajstić information content (AvgIpc) is 3.10. The molecule has 1 saturated carbocycles. The maximum absolute atomic E-state index is 13.3. The summed E-state index contributed by atoms with van der Waals surface area (Å²) in [7, 11) is -2.60. The monoisotopic (exact) mass is 484 g/mol. The smallest absolute Gasteiger partial charge is 0.265 e. The Morgan fingerprint density at radius 3 is 2.56 bits per heavy atom. The third-order valence-corrected chi connectivity index (χ3v) is 8.48. The first kappa shape index (κ1) is 22.7. The Bertz CT molecular complexity index is 1250. The van der Waals surface area contributed by atoms with Crippen LogP contribution < -0.4 is 25.4 Å². The number of para-hydroxylation sites is 1. The van der Waals surface area contributed by atoms with Crippen LogP contribution in [0.15, 0.2) is 41.3 Å². The number of ether oxygens (including phenoxy) is 1. The lowest BCUT2D eigenvalue weighted by Crippen LogP contribution is -2.42. The molecule has 2 aliphatic heterocycles. The number of fused-ring (bicyclic) bond motifs is 2. The zero-order chi connectivity index (χ0) is 23.9. The van der Waals surface area contributed by atoms with E-state index in [0.29, 0.717) is 24.1 Å². The maximum Gasteiger partial charge on any atom is 0.265 e. The van der Waals surface area contributed by atoms with E-state index in [4.69, 9.17) is 4.74 Å². The number of anilines is 2. The topological polar surface area (TPSA) is 126 Å². The Morgan fingerprint density at radius 1 is 1.15 bits per heavy atom. The fourth-order valence-electron chi connectivity index (χ4n) is 5.05. The molecule has 180 valence electrons. The van der Waals surface area contributed by atoms with Gasteiger partial charge in [0.05, 0.1) is 29.5 Å². The second kappa shape index (κ2) is 8.59. The molecule has 0 atom stereocenters. The number of rotatable bonds is 6. The van der Waals surface area contributed by atoms with E-state index in [1.807, 2.05) is 0 Å². The Hall–Kier alpha value is -3.11. The number of sulfonamides is 1. The molecule has 2 heterocycles. The van der Waals surface area contributed by atoms with Crippen LogP contribution in [0.5, 0.6) is 5.75 Å². The highest BCUT2D eigenvalue weighted by atomic mass is 32.2. The zero-order valence-electron chi connectivity index (χ0n) is 18.9. The van der Waals surface area contributed by atoms with Crippen LogP contribution in [0.2, 0.25) is 0 Å². The molecule has 2 aromatic carbocycles. The Balaban J connectivity index is 1.54. The van der Waals surface area contributed by atoms with Gasteiger partial charge in [-0.05, 0) is 68.6 Å². The van der Waals surface area contributed by atoms with Crippen LogP contribution in [0.4, 0.5) is 11.4 Å². The van der Waals surface area contributed by atoms with E-state index >= 15 is 0 Å². The van der Waals surface area contributed by atoms with Gasteiger partial charge in [0.2, 0.25) is 5.91 Å². The SMILES string of the molecule is COc1ccccc1S(=O)(=O)Nc1cc(C(=O)NC2CCNCC2)c2c(c1)C1(CCC1)C(=O)N2. The lowest BCUT2D eigenvalue weighted by atomic mass is 9.65. The van der Waals surface area contributed by atoms with Crippen LogP contribution in [0.25, 0.3) is 0 Å². The summed E-state index contributed by atoms with van der Waals surface area (Å²) in [5, 5.41) is 9.23. The number of benzene rings is 2. The number of piperidine rings is 1. The summed E-state index contributed by atoms with van der Waals surface area (Å²) in [4.78, 5) is 26.2. The molecule has 1 saturated heterocycles. The summed E-state index contributed by atoms with van der Waals surface area (Å²) in [6, 6.07) is 9.53. The molecule has 0 aromatic heterocycles. The lowest BCUT2D eigenvalue weighted by Gasteiger charge is -2.36. The summed E-state index contributed by atoms with van der Waals surface area (Å²) in [6.45, 7) is 1.64. The maximum atomic E-state index is 13.3. The highest BCUT2D eigenvalue weighted by Crippen LogP contribution is 2.53. The van der Waals surface area contributed by atoms with Crippen molar-refractivity contribution in [2.45, 2.75) is 48.5 Å². The highest BCUT2D eigenvalue weighted by Gasteiger charge is 2.52. The minimum absolute atomic E-state index is 0.00809. The van der Waals surface area contributed by atoms with Crippen molar-refractivity contribution in [3.05, 3.63) is 47.5 Å². The molecule has 9 nitrogen and oxygen atoms in total. The molecule has 34 heavy (non-hydrogen) atoms. The summed E-state index contributed by atoms with van der Waals surface area (Å²) < 4.78 is 34.2. The van der Waals surface area contributed by atoms with Crippen LogP contribution in [-0.2, 0) is 20.2 Å². The van der Waals surface area contributed by atoms with Gasteiger partial charge in [-0.25, -0.2) is 8.42 Å². The van der Waals surface area contributed by atoms with E-state index in [0.717, 1.165) is 32.4 Å². The van der Waals surface area contributed by atoms with Gasteiger partial charge in [0.25, 0.3) is 15.9 Å².